The molecular formula is C18H29ClN2. The Kier molecular flexibility index (Phi) is 6.53. The first kappa shape index (κ1) is 16.8. The van der Waals surface area contributed by atoms with Crippen LogP contribution < -0.4 is 5.73 Å². The molecule has 0 amide bonds. The highest BCUT2D eigenvalue weighted by Gasteiger charge is 2.31. The zero-order chi connectivity index (χ0) is 15.2. The minimum Gasteiger partial charge on any atom is -0.326 e. The van der Waals surface area contributed by atoms with Crippen LogP contribution in [0.3, 0.4) is 0 Å². The maximum Gasteiger partial charge on any atom is 0.0502 e. The molecule has 118 valence electrons. The summed E-state index contributed by atoms with van der Waals surface area (Å²) in [5, 5.41) is 0.797. The Morgan fingerprint density at radius 3 is 2.52 bits per heavy atom. The van der Waals surface area contributed by atoms with Crippen molar-refractivity contribution in [2.24, 2.45) is 5.73 Å². The molecule has 0 spiro atoms. The van der Waals surface area contributed by atoms with E-state index in [1.165, 1.54) is 44.2 Å². The molecule has 0 saturated carbocycles. The average molecular weight is 309 g/mol. The number of rotatable bonds is 5. The molecule has 1 heterocycles. The summed E-state index contributed by atoms with van der Waals surface area (Å²) < 4.78 is 0. The van der Waals surface area contributed by atoms with Crippen molar-refractivity contribution in [3.05, 3.63) is 34.9 Å². The van der Waals surface area contributed by atoms with Crippen LogP contribution in [0.15, 0.2) is 24.3 Å². The Morgan fingerprint density at radius 2 is 1.90 bits per heavy atom. The number of halogens is 1. The molecule has 0 aliphatic carbocycles. The largest absolute Gasteiger partial charge is 0.326 e. The summed E-state index contributed by atoms with van der Waals surface area (Å²) in [6.45, 7) is 5.66. The van der Waals surface area contributed by atoms with Gasteiger partial charge in [0.1, 0.15) is 0 Å². The van der Waals surface area contributed by atoms with Crippen LogP contribution in [-0.4, -0.2) is 23.5 Å². The molecule has 3 unspecified atom stereocenters. The van der Waals surface area contributed by atoms with Gasteiger partial charge in [-0.1, -0.05) is 50.4 Å². The van der Waals surface area contributed by atoms with Gasteiger partial charge in [0.2, 0.25) is 0 Å². The predicted octanol–water partition coefficient (Wildman–Crippen LogP) is 4.77. The molecule has 2 N–H and O–H groups in total. The predicted molar refractivity (Wildman–Crippen MR) is 91.7 cm³/mol. The topological polar surface area (TPSA) is 29.3 Å². The highest BCUT2D eigenvalue weighted by atomic mass is 35.5. The lowest BCUT2D eigenvalue weighted by Crippen LogP contribution is -2.45. The molecule has 3 heteroatoms. The lowest BCUT2D eigenvalue weighted by molar-refractivity contribution is 0.112. The Labute approximate surface area is 134 Å². The van der Waals surface area contributed by atoms with Crippen molar-refractivity contribution < 1.29 is 0 Å². The third kappa shape index (κ3) is 4.21. The van der Waals surface area contributed by atoms with E-state index >= 15 is 0 Å². The smallest absolute Gasteiger partial charge is 0.0502 e. The summed E-state index contributed by atoms with van der Waals surface area (Å²) in [5.74, 6) is 0. The van der Waals surface area contributed by atoms with E-state index in [0.29, 0.717) is 12.1 Å². The second-order valence-electron chi connectivity index (χ2n) is 6.22. The summed E-state index contributed by atoms with van der Waals surface area (Å²) in [4.78, 5) is 2.67. The average Bonchev–Trinajstić information content (AvgIpc) is 2.74. The minimum atomic E-state index is 0.179. The molecular weight excluding hydrogens is 280 g/mol. The van der Waals surface area contributed by atoms with E-state index in [2.05, 4.69) is 30.9 Å². The molecule has 1 fully saturated rings. The standard InChI is InChI=1S/C18H29ClN2/c1-3-16-8-6-5-7-13-21(16)18(17(20)4-2)14-9-11-15(19)12-10-14/h9-12,16-18H,3-8,13,20H2,1-2H3. The minimum absolute atomic E-state index is 0.179. The third-order valence-electron chi connectivity index (χ3n) is 4.84. The van der Waals surface area contributed by atoms with Crippen LogP contribution >= 0.6 is 11.6 Å². The number of nitrogens with two attached hydrogens (primary N) is 1. The van der Waals surface area contributed by atoms with E-state index in [0.717, 1.165) is 11.4 Å². The Balaban J connectivity index is 2.31. The zero-order valence-corrected chi connectivity index (χ0v) is 14.1. The molecule has 0 bridgehead atoms. The first-order valence-corrected chi connectivity index (χ1v) is 8.82. The van der Waals surface area contributed by atoms with Gasteiger partial charge in [0.15, 0.2) is 0 Å². The van der Waals surface area contributed by atoms with Gasteiger partial charge >= 0.3 is 0 Å². The number of likely N-dealkylation sites (tertiary alicyclic amines) is 1. The molecule has 2 rings (SSSR count). The van der Waals surface area contributed by atoms with Crippen molar-refractivity contribution in [2.75, 3.05) is 6.54 Å². The van der Waals surface area contributed by atoms with Gasteiger partial charge in [-0.25, -0.2) is 0 Å². The molecule has 1 saturated heterocycles. The fraction of sp³-hybridized carbons (Fsp3) is 0.667. The third-order valence-corrected chi connectivity index (χ3v) is 5.09. The van der Waals surface area contributed by atoms with Gasteiger partial charge in [-0.15, -0.1) is 0 Å². The van der Waals surface area contributed by atoms with Crippen molar-refractivity contribution in [3.63, 3.8) is 0 Å². The van der Waals surface area contributed by atoms with Gasteiger partial charge in [0.25, 0.3) is 0 Å². The summed E-state index contributed by atoms with van der Waals surface area (Å²) in [5.41, 5.74) is 7.83. The van der Waals surface area contributed by atoms with E-state index in [9.17, 15) is 0 Å². The van der Waals surface area contributed by atoms with Crippen molar-refractivity contribution in [1.29, 1.82) is 0 Å². The highest BCUT2D eigenvalue weighted by molar-refractivity contribution is 6.30. The van der Waals surface area contributed by atoms with E-state index in [1.807, 2.05) is 12.1 Å². The highest BCUT2D eigenvalue weighted by Crippen LogP contribution is 2.32. The van der Waals surface area contributed by atoms with Crippen molar-refractivity contribution in [3.8, 4) is 0 Å². The maximum absolute atomic E-state index is 6.51. The summed E-state index contributed by atoms with van der Waals surface area (Å²) in [7, 11) is 0. The lowest BCUT2D eigenvalue weighted by Gasteiger charge is -2.40. The number of nitrogens with zero attached hydrogens (tertiary/aromatic N) is 1. The SMILES string of the molecule is CCC(N)C(c1ccc(Cl)cc1)N1CCCCCC1CC. The van der Waals surface area contributed by atoms with E-state index < -0.39 is 0 Å². The summed E-state index contributed by atoms with van der Waals surface area (Å²) in [6.07, 6.45) is 7.50. The van der Waals surface area contributed by atoms with Gasteiger partial charge in [0.05, 0.1) is 6.04 Å². The first-order valence-electron chi connectivity index (χ1n) is 8.44. The lowest BCUT2D eigenvalue weighted by atomic mass is 9.93. The Morgan fingerprint density at radius 1 is 1.19 bits per heavy atom. The molecule has 1 aliphatic rings. The maximum atomic E-state index is 6.51. The van der Waals surface area contributed by atoms with Crippen LogP contribution in [0.25, 0.3) is 0 Å². The van der Waals surface area contributed by atoms with Crippen LogP contribution in [0.2, 0.25) is 5.02 Å². The second-order valence-corrected chi connectivity index (χ2v) is 6.65. The molecule has 21 heavy (non-hydrogen) atoms. The van der Waals surface area contributed by atoms with Crippen LogP contribution in [0.4, 0.5) is 0 Å². The van der Waals surface area contributed by atoms with Crippen molar-refractivity contribution in [1.82, 2.24) is 4.90 Å². The van der Waals surface area contributed by atoms with Gasteiger partial charge < -0.3 is 5.73 Å². The fourth-order valence-corrected chi connectivity index (χ4v) is 3.70. The number of benzene rings is 1. The summed E-state index contributed by atoms with van der Waals surface area (Å²) >= 11 is 6.05. The van der Waals surface area contributed by atoms with Gasteiger partial charge in [-0.3, -0.25) is 4.90 Å². The second kappa shape index (κ2) is 8.17. The number of hydrogen-bond donors (Lipinski definition) is 1. The van der Waals surface area contributed by atoms with Crippen LogP contribution in [0, 0.1) is 0 Å². The number of hydrogen-bond acceptors (Lipinski definition) is 2. The first-order chi connectivity index (χ1) is 10.2. The monoisotopic (exact) mass is 308 g/mol. The molecule has 0 aromatic heterocycles. The fourth-order valence-electron chi connectivity index (χ4n) is 3.57. The van der Waals surface area contributed by atoms with Crippen molar-refractivity contribution >= 4 is 11.6 Å². The Hall–Kier alpha value is -0.570. The molecule has 1 aromatic carbocycles. The zero-order valence-electron chi connectivity index (χ0n) is 13.4. The molecule has 0 radical (unpaired) electrons. The molecule has 2 nitrogen and oxygen atoms in total. The van der Waals surface area contributed by atoms with Crippen LogP contribution in [0.5, 0.6) is 0 Å². The summed E-state index contributed by atoms with van der Waals surface area (Å²) in [6, 6.07) is 9.44. The van der Waals surface area contributed by atoms with E-state index in [1.54, 1.807) is 0 Å². The quantitative estimate of drug-likeness (QED) is 0.848. The van der Waals surface area contributed by atoms with Crippen LogP contribution in [0.1, 0.15) is 64.0 Å². The molecule has 1 aromatic rings. The van der Waals surface area contributed by atoms with Gasteiger partial charge in [-0.05, 0) is 49.9 Å². The van der Waals surface area contributed by atoms with Crippen LogP contribution in [-0.2, 0) is 0 Å². The normalized spacial score (nSPS) is 23.5. The van der Waals surface area contributed by atoms with Gasteiger partial charge in [0, 0.05) is 17.1 Å². The van der Waals surface area contributed by atoms with E-state index in [4.69, 9.17) is 17.3 Å². The van der Waals surface area contributed by atoms with Crippen molar-refractivity contribution in [2.45, 2.75) is 70.5 Å². The molecule has 1 aliphatic heterocycles. The van der Waals surface area contributed by atoms with Gasteiger partial charge in [-0.2, -0.15) is 0 Å². The Bertz CT molecular complexity index is 418. The molecule has 3 atom stereocenters. The van der Waals surface area contributed by atoms with E-state index in [-0.39, 0.29) is 6.04 Å².